The Morgan fingerprint density at radius 2 is 1.66 bits per heavy atom. The van der Waals surface area contributed by atoms with Crippen molar-refractivity contribution in [1.29, 1.82) is 0 Å². The normalized spacial score (nSPS) is 13.0. The highest BCUT2D eigenvalue weighted by atomic mass is 32.2. The molecule has 210 valence electrons. The van der Waals surface area contributed by atoms with Crippen molar-refractivity contribution >= 4 is 21.1 Å². The van der Waals surface area contributed by atoms with Gasteiger partial charge in [-0.05, 0) is 49.4 Å². The fraction of sp³-hybridized carbons (Fsp3) is 0.600. The number of nitrogens with one attached hydrogen (secondary N) is 1. The van der Waals surface area contributed by atoms with E-state index in [1.165, 1.54) is 44.9 Å². The zero-order valence-corrected chi connectivity index (χ0v) is 24.5. The van der Waals surface area contributed by atoms with Crippen molar-refractivity contribution in [3.05, 3.63) is 54.1 Å². The van der Waals surface area contributed by atoms with Crippen LogP contribution in [0.15, 0.2) is 47.6 Å². The van der Waals surface area contributed by atoms with Gasteiger partial charge in [-0.3, -0.25) is 4.98 Å². The first kappa shape index (κ1) is 30.3. The highest BCUT2D eigenvalue weighted by molar-refractivity contribution is 7.89. The van der Waals surface area contributed by atoms with Gasteiger partial charge in [0.2, 0.25) is 10.0 Å². The molecule has 8 heteroatoms. The molecule has 0 aliphatic heterocycles. The van der Waals surface area contributed by atoms with E-state index in [4.69, 9.17) is 4.74 Å². The predicted molar refractivity (Wildman–Crippen MR) is 155 cm³/mol. The molecule has 1 N–H and O–H groups in total. The smallest absolute Gasteiger partial charge is 0.240 e. The maximum absolute atomic E-state index is 13.2. The molecule has 3 aromatic rings. The molecule has 0 aliphatic rings. The van der Waals surface area contributed by atoms with Crippen molar-refractivity contribution in [2.75, 3.05) is 13.2 Å². The molecule has 1 unspecified atom stereocenters. The van der Waals surface area contributed by atoms with Crippen LogP contribution in [-0.4, -0.2) is 42.2 Å². The van der Waals surface area contributed by atoms with Gasteiger partial charge in [-0.25, -0.2) is 18.1 Å². The Hall–Kier alpha value is -2.29. The number of ether oxygens (including phenoxy) is 1. The average molecular weight is 543 g/mol. The molecule has 0 radical (unpaired) electrons. The summed E-state index contributed by atoms with van der Waals surface area (Å²) in [5.41, 5.74) is 2.88. The number of unbranched alkanes of at least 4 members (excludes halogenated alkanes) is 7. The quantitative estimate of drug-likeness (QED) is 0.182. The van der Waals surface area contributed by atoms with Crippen molar-refractivity contribution in [2.24, 2.45) is 5.92 Å². The van der Waals surface area contributed by atoms with Crippen LogP contribution in [0.4, 0.5) is 0 Å². The van der Waals surface area contributed by atoms with E-state index in [-0.39, 0.29) is 10.9 Å². The molecule has 3 rings (SSSR count). The first-order valence-electron chi connectivity index (χ1n) is 14.3. The summed E-state index contributed by atoms with van der Waals surface area (Å²) in [6.45, 7) is 10.1. The predicted octanol–water partition coefficient (Wildman–Crippen LogP) is 6.64. The molecule has 0 amide bonds. The molecule has 1 aromatic carbocycles. The number of aryl methyl sites for hydroxylation is 1. The number of fused-ring (bicyclic) bond motifs is 1. The topological polar surface area (TPSA) is 86.1 Å². The number of benzene rings is 1. The Labute approximate surface area is 229 Å². The number of sulfonamides is 1. The molecule has 0 saturated carbocycles. The highest BCUT2D eigenvalue weighted by Crippen LogP contribution is 2.19. The summed E-state index contributed by atoms with van der Waals surface area (Å²) < 4.78 is 37.3. The number of rotatable bonds is 18. The average Bonchev–Trinajstić information content (AvgIpc) is 3.19. The van der Waals surface area contributed by atoms with Crippen LogP contribution in [0.5, 0.6) is 0 Å². The minimum atomic E-state index is -3.65. The van der Waals surface area contributed by atoms with E-state index in [9.17, 15) is 8.42 Å². The van der Waals surface area contributed by atoms with Gasteiger partial charge in [0, 0.05) is 25.4 Å². The maximum Gasteiger partial charge on any atom is 0.240 e. The fourth-order valence-electron chi connectivity index (χ4n) is 4.83. The van der Waals surface area contributed by atoms with E-state index < -0.39 is 10.0 Å². The van der Waals surface area contributed by atoms with Gasteiger partial charge in [0.05, 0.1) is 23.2 Å². The van der Waals surface area contributed by atoms with E-state index in [2.05, 4.69) is 40.0 Å². The van der Waals surface area contributed by atoms with Gasteiger partial charge in [0.15, 0.2) is 0 Å². The summed E-state index contributed by atoms with van der Waals surface area (Å²) in [6, 6.07) is 8.81. The minimum absolute atomic E-state index is 0.248. The van der Waals surface area contributed by atoms with Gasteiger partial charge in [0.1, 0.15) is 11.3 Å². The van der Waals surface area contributed by atoms with Crippen LogP contribution < -0.4 is 4.72 Å². The third-order valence-corrected chi connectivity index (χ3v) is 8.39. The van der Waals surface area contributed by atoms with Crippen LogP contribution in [0.1, 0.15) is 89.9 Å². The van der Waals surface area contributed by atoms with E-state index in [0.29, 0.717) is 25.7 Å². The maximum atomic E-state index is 13.2. The number of hydrogen-bond donors (Lipinski definition) is 1. The van der Waals surface area contributed by atoms with Crippen molar-refractivity contribution in [3.8, 4) is 0 Å². The molecule has 2 heterocycles. The van der Waals surface area contributed by atoms with E-state index in [0.717, 1.165) is 35.3 Å². The molecule has 1 atom stereocenters. The van der Waals surface area contributed by atoms with Crippen molar-refractivity contribution < 1.29 is 13.2 Å². The second-order valence-corrected chi connectivity index (χ2v) is 12.5. The largest absolute Gasteiger partial charge is 0.380 e. The molecule has 38 heavy (non-hydrogen) atoms. The van der Waals surface area contributed by atoms with Crippen molar-refractivity contribution in [2.45, 2.75) is 103 Å². The van der Waals surface area contributed by atoms with Gasteiger partial charge in [-0.2, -0.15) is 0 Å². The van der Waals surface area contributed by atoms with Gasteiger partial charge in [-0.1, -0.05) is 77.8 Å². The lowest BCUT2D eigenvalue weighted by molar-refractivity contribution is 0.107. The highest BCUT2D eigenvalue weighted by Gasteiger charge is 2.21. The van der Waals surface area contributed by atoms with Gasteiger partial charge in [0.25, 0.3) is 0 Å². The molecule has 0 bridgehead atoms. The van der Waals surface area contributed by atoms with Crippen LogP contribution in [0, 0.1) is 12.8 Å². The van der Waals surface area contributed by atoms with Crippen molar-refractivity contribution in [3.63, 3.8) is 0 Å². The lowest BCUT2D eigenvalue weighted by atomic mass is 10.1. The summed E-state index contributed by atoms with van der Waals surface area (Å²) in [7, 11) is -3.65. The number of nitrogens with zero attached hydrogens (tertiary/aromatic N) is 3. The molecule has 0 fully saturated rings. The van der Waals surface area contributed by atoms with Crippen LogP contribution in [0.25, 0.3) is 11.0 Å². The zero-order valence-electron chi connectivity index (χ0n) is 23.7. The first-order valence-corrected chi connectivity index (χ1v) is 15.7. The standard InChI is InChI=1S/C30H46N4O3S/c1-5-6-7-8-9-10-11-12-19-37-23-27(20-24(2)3)33-38(35,36)28-15-13-26(14-16-28)22-34-25(4)32-29-21-31-18-17-30(29)34/h13-18,21,24,27,33H,5-12,19-20,22-23H2,1-4H3. The number of hydrogen-bond acceptors (Lipinski definition) is 5. The number of pyridine rings is 1. The second kappa shape index (κ2) is 15.3. The van der Waals surface area contributed by atoms with E-state index >= 15 is 0 Å². The van der Waals surface area contributed by atoms with Crippen LogP contribution in [0.3, 0.4) is 0 Å². The molecule has 0 saturated heterocycles. The van der Waals surface area contributed by atoms with Crippen LogP contribution >= 0.6 is 0 Å². The lowest BCUT2D eigenvalue weighted by Crippen LogP contribution is -2.39. The Kier molecular flexibility index (Phi) is 12.2. The molecular formula is C30H46N4O3S. The third-order valence-electron chi connectivity index (χ3n) is 6.85. The van der Waals surface area contributed by atoms with Gasteiger partial charge < -0.3 is 9.30 Å². The Balaban J connectivity index is 1.51. The first-order chi connectivity index (χ1) is 18.3. The summed E-state index contributed by atoms with van der Waals surface area (Å²) in [6.07, 6.45) is 14.3. The van der Waals surface area contributed by atoms with Gasteiger partial charge >= 0.3 is 0 Å². The molecular weight excluding hydrogens is 496 g/mol. The Morgan fingerprint density at radius 1 is 0.974 bits per heavy atom. The zero-order chi connectivity index (χ0) is 27.4. The summed E-state index contributed by atoms with van der Waals surface area (Å²) in [4.78, 5) is 8.98. The third kappa shape index (κ3) is 9.47. The van der Waals surface area contributed by atoms with Crippen molar-refractivity contribution in [1.82, 2.24) is 19.3 Å². The monoisotopic (exact) mass is 542 g/mol. The minimum Gasteiger partial charge on any atom is -0.380 e. The summed E-state index contributed by atoms with van der Waals surface area (Å²) in [5, 5.41) is 0. The number of imidazole rings is 1. The Bertz CT molecular complexity index is 1210. The summed E-state index contributed by atoms with van der Waals surface area (Å²) in [5.74, 6) is 1.26. The molecule has 0 aliphatic carbocycles. The Morgan fingerprint density at radius 3 is 2.34 bits per heavy atom. The SMILES string of the molecule is CCCCCCCCCCOCC(CC(C)C)NS(=O)(=O)c1ccc(Cn2c(C)nc3cnccc32)cc1. The molecule has 0 spiro atoms. The van der Waals surface area contributed by atoms with E-state index in [1.807, 2.05) is 25.1 Å². The van der Waals surface area contributed by atoms with Gasteiger partial charge in [-0.15, -0.1) is 0 Å². The van der Waals surface area contributed by atoms with Crippen LogP contribution in [-0.2, 0) is 21.3 Å². The second-order valence-electron chi connectivity index (χ2n) is 10.8. The fourth-order valence-corrected chi connectivity index (χ4v) is 6.06. The van der Waals surface area contributed by atoms with Crippen LogP contribution in [0.2, 0.25) is 0 Å². The van der Waals surface area contributed by atoms with E-state index in [1.54, 1.807) is 24.5 Å². The lowest BCUT2D eigenvalue weighted by Gasteiger charge is -2.21. The molecule has 2 aromatic heterocycles. The molecule has 7 nitrogen and oxygen atoms in total. The summed E-state index contributed by atoms with van der Waals surface area (Å²) >= 11 is 0. The number of aromatic nitrogens is 3.